The zero-order valence-corrected chi connectivity index (χ0v) is 13.3. The third-order valence-electron chi connectivity index (χ3n) is 4.52. The van der Waals surface area contributed by atoms with Crippen molar-refractivity contribution in [1.29, 1.82) is 0 Å². The van der Waals surface area contributed by atoms with Gasteiger partial charge in [-0.2, -0.15) is 13.2 Å². The molecule has 1 amide bonds. The van der Waals surface area contributed by atoms with E-state index in [0.29, 0.717) is 31.2 Å². The SMILES string of the molecule is CC(NC(=O)C1CCC(C(=O)O)CC1)c1cccc(C(F)(F)F)c1. The van der Waals surface area contributed by atoms with Crippen molar-refractivity contribution in [3.63, 3.8) is 0 Å². The highest BCUT2D eigenvalue weighted by Gasteiger charge is 2.32. The van der Waals surface area contributed by atoms with Crippen LogP contribution in [0, 0.1) is 11.8 Å². The molecule has 1 fully saturated rings. The highest BCUT2D eigenvalue weighted by atomic mass is 19.4. The lowest BCUT2D eigenvalue weighted by Crippen LogP contribution is -2.35. The van der Waals surface area contributed by atoms with Gasteiger partial charge in [-0.15, -0.1) is 0 Å². The van der Waals surface area contributed by atoms with E-state index >= 15 is 0 Å². The van der Waals surface area contributed by atoms with Gasteiger partial charge < -0.3 is 10.4 Å². The lowest BCUT2D eigenvalue weighted by atomic mass is 9.81. The molecule has 1 unspecified atom stereocenters. The van der Waals surface area contributed by atoms with Gasteiger partial charge in [0.15, 0.2) is 0 Å². The summed E-state index contributed by atoms with van der Waals surface area (Å²) in [6.45, 7) is 1.64. The molecule has 1 aliphatic rings. The average molecular weight is 343 g/mol. The van der Waals surface area contributed by atoms with Gasteiger partial charge in [-0.3, -0.25) is 9.59 Å². The molecule has 0 spiro atoms. The number of hydrogen-bond acceptors (Lipinski definition) is 2. The molecule has 2 N–H and O–H groups in total. The lowest BCUT2D eigenvalue weighted by Gasteiger charge is -2.26. The Kier molecular flexibility index (Phi) is 5.51. The molecule has 1 aromatic rings. The Morgan fingerprint density at radius 2 is 1.75 bits per heavy atom. The second kappa shape index (κ2) is 7.23. The number of amides is 1. The Hall–Kier alpha value is -2.05. The number of halogens is 3. The van der Waals surface area contributed by atoms with E-state index in [1.165, 1.54) is 6.07 Å². The molecule has 7 heteroatoms. The van der Waals surface area contributed by atoms with Crippen LogP contribution < -0.4 is 5.32 Å². The highest BCUT2D eigenvalue weighted by molar-refractivity contribution is 5.79. The van der Waals surface area contributed by atoms with Crippen LogP contribution >= 0.6 is 0 Å². The number of alkyl halides is 3. The maximum atomic E-state index is 12.8. The van der Waals surface area contributed by atoms with Gasteiger partial charge in [0.1, 0.15) is 0 Å². The summed E-state index contributed by atoms with van der Waals surface area (Å²) in [7, 11) is 0. The summed E-state index contributed by atoms with van der Waals surface area (Å²) in [6.07, 6.45) is -2.55. The number of rotatable bonds is 4. The van der Waals surface area contributed by atoms with Gasteiger partial charge in [-0.1, -0.05) is 12.1 Å². The summed E-state index contributed by atoms with van der Waals surface area (Å²) in [6, 6.07) is 4.34. The van der Waals surface area contributed by atoms with E-state index in [9.17, 15) is 22.8 Å². The van der Waals surface area contributed by atoms with Crippen LogP contribution in [-0.2, 0) is 15.8 Å². The van der Waals surface area contributed by atoms with Crippen molar-refractivity contribution in [3.05, 3.63) is 35.4 Å². The number of carbonyl (C=O) groups is 2. The molecule has 2 rings (SSSR count). The minimum Gasteiger partial charge on any atom is -0.481 e. The van der Waals surface area contributed by atoms with Crippen LogP contribution in [0.4, 0.5) is 13.2 Å². The van der Waals surface area contributed by atoms with Gasteiger partial charge in [0, 0.05) is 5.92 Å². The average Bonchev–Trinajstić information content (AvgIpc) is 2.54. The molecule has 1 saturated carbocycles. The maximum Gasteiger partial charge on any atom is 0.416 e. The summed E-state index contributed by atoms with van der Waals surface area (Å²) in [5, 5.41) is 11.7. The van der Waals surface area contributed by atoms with E-state index in [4.69, 9.17) is 5.11 Å². The first-order valence-electron chi connectivity index (χ1n) is 7.89. The third kappa shape index (κ3) is 4.49. The summed E-state index contributed by atoms with van der Waals surface area (Å²) in [4.78, 5) is 23.2. The van der Waals surface area contributed by atoms with Crippen LogP contribution in [-0.4, -0.2) is 17.0 Å². The van der Waals surface area contributed by atoms with Crippen LogP contribution in [0.25, 0.3) is 0 Å². The molecule has 0 aromatic heterocycles. The second-order valence-electron chi connectivity index (χ2n) is 6.24. The largest absolute Gasteiger partial charge is 0.481 e. The molecule has 1 atom stereocenters. The first-order chi connectivity index (χ1) is 11.2. The standard InChI is InChI=1S/C17H20F3NO3/c1-10(13-3-2-4-14(9-13)17(18,19)20)21-15(22)11-5-7-12(8-6-11)16(23)24/h2-4,9-12H,5-8H2,1H3,(H,21,22)(H,23,24). The second-order valence-corrected chi connectivity index (χ2v) is 6.24. The minimum absolute atomic E-state index is 0.233. The topological polar surface area (TPSA) is 66.4 Å². The molecule has 24 heavy (non-hydrogen) atoms. The van der Waals surface area contributed by atoms with Crippen LogP contribution in [0.1, 0.15) is 49.8 Å². The smallest absolute Gasteiger partial charge is 0.416 e. The van der Waals surface area contributed by atoms with Crippen molar-refractivity contribution >= 4 is 11.9 Å². The molecular formula is C17H20F3NO3. The molecule has 0 radical (unpaired) electrons. The number of hydrogen-bond donors (Lipinski definition) is 2. The fourth-order valence-electron chi connectivity index (χ4n) is 3.00. The molecule has 0 heterocycles. The van der Waals surface area contributed by atoms with E-state index < -0.39 is 29.7 Å². The number of aliphatic carboxylic acids is 1. The van der Waals surface area contributed by atoms with Crippen molar-refractivity contribution in [2.45, 2.75) is 44.8 Å². The quantitative estimate of drug-likeness (QED) is 0.874. The van der Waals surface area contributed by atoms with E-state index in [1.54, 1.807) is 13.0 Å². The van der Waals surface area contributed by atoms with Gasteiger partial charge in [0.2, 0.25) is 5.91 Å². The van der Waals surface area contributed by atoms with Crippen molar-refractivity contribution in [2.75, 3.05) is 0 Å². The van der Waals surface area contributed by atoms with Crippen LogP contribution in [0.2, 0.25) is 0 Å². The van der Waals surface area contributed by atoms with Crippen molar-refractivity contribution < 1.29 is 27.9 Å². The molecule has 0 aliphatic heterocycles. The molecule has 0 saturated heterocycles. The lowest BCUT2D eigenvalue weighted by molar-refractivity contribution is -0.144. The minimum atomic E-state index is -4.42. The number of carbonyl (C=O) groups excluding carboxylic acids is 1. The van der Waals surface area contributed by atoms with E-state index in [0.717, 1.165) is 12.1 Å². The highest BCUT2D eigenvalue weighted by Crippen LogP contribution is 2.32. The summed E-state index contributed by atoms with van der Waals surface area (Å²) >= 11 is 0. The molecule has 1 aromatic carbocycles. The Morgan fingerprint density at radius 1 is 1.17 bits per heavy atom. The number of nitrogens with one attached hydrogen (secondary N) is 1. The van der Waals surface area contributed by atoms with Gasteiger partial charge in [-0.05, 0) is 50.3 Å². The summed E-state index contributed by atoms with van der Waals surface area (Å²) < 4.78 is 38.3. The Bertz CT molecular complexity index is 607. The fraction of sp³-hybridized carbons (Fsp3) is 0.529. The number of carboxylic acids is 1. The monoisotopic (exact) mass is 343 g/mol. The molecule has 4 nitrogen and oxygen atoms in total. The maximum absolute atomic E-state index is 12.8. The van der Waals surface area contributed by atoms with Gasteiger partial charge in [0.05, 0.1) is 17.5 Å². The Morgan fingerprint density at radius 3 is 2.29 bits per heavy atom. The zero-order valence-electron chi connectivity index (χ0n) is 13.3. The molecule has 132 valence electrons. The number of benzene rings is 1. The van der Waals surface area contributed by atoms with Crippen molar-refractivity contribution in [3.8, 4) is 0 Å². The predicted molar refractivity (Wildman–Crippen MR) is 81.1 cm³/mol. The summed E-state index contributed by atoms with van der Waals surface area (Å²) in [5.74, 6) is -1.77. The van der Waals surface area contributed by atoms with E-state index in [2.05, 4.69) is 5.32 Å². The summed E-state index contributed by atoms with van der Waals surface area (Å²) in [5.41, 5.74) is -0.361. The molecular weight excluding hydrogens is 323 g/mol. The Balaban J connectivity index is 1.96. The molecule has 1 aliphatic carbocycles. The normalized spacial score (nSPS) is 22.7. The predicted octanol–water partition coefficient (Wildman–Crippen LogP) is 3.77. The van der Waals surface area contributed by atoms with Gasteiger partial charge >= 0.3 is 12.1 Å². The Labute approximate surface area is 138 Å². The van der Waals surface area contributed by atoms with Crippen LogP contribution in [0.15, 0.2) is 24.3 Å². The van der Waals surface area contributed by atoms with Crippen molar-refractivity contribution in [2.24, 2.45) is 11.8 Å². The van der Waals surface area contributed by atoms with Crippen LogP contribution in [0.5, 0.6) is 0 Å². The van der Waals surface area contributed by atoms with E-state index in [-0.39, 0.29) is 11.8 Å². The van der Waals surface area contributed by atoms with Crippen molar-refractivity contribution in [1.82, 2.24) is 5.32 Å². The zero-order chi connectivity index (χ0) is 17.9. The number of carboxylic acid groups (broad SMARTS) is 1. The first kappa shape index (κ1) is 18.3. The van der Waals surface area contributed by atoms with Crippen LogP contribution in [0.3, 0.4) is 0 Å². The van der Waals surface area contributed by atoms with Gasteiger partial charge in [0.25, 0.3) is 0 Å². The van der Waals surface area contributed by atoms with E-state index in [1.807, 2.05) is 0 Å². The fourth-order valence-corrected chi connectivity index (χ4v) is 3.00. The third-order valence-corrected chi connectivity index (χ3v) is 4.52. The van der Waals surface area contributed by atoms with Gasteiger partial charge in [-0.25, -0.2) is 0 Å². The first-order valence-corrected chi connectivity index (χ1v) is 7.89. The molecule has 0 bridgehead atoms.